The van der Waals surface area contributed by atoms with Gasteiger partial charge in [0.2, 0.25) is 11.5 Å². The number of hydrogen-bond donors (Lipinski definition) is 0. The number of benzene rings is 4. The fourth-order valence-corrected chi connectivity index (χ4v) is 11.4. The molecule has 17 nitrogen and oxygen atoms in total. The molecule has 460 valence electrons. The van der Waals surface area contributed by atoms with E-state index in [2.05, 4.69) is 232 Å². The third-order valence-electron chi connectivity index (χ3n) is 18.0. The van der Waals surface area contributed by atoms with Crippen LogP contribution in [-0.2, 0) is 56.4 Å². The second-order valence-corrected chi connectivity index (χ2v) is 23.5. The van der Waals surface area contributed by atoms with E-state index in [1.165, 1.54) is 67.3 Å². The third kappa shape index (κ3) is 12.7. The van der Waals surface area contributed by atoms with Crippen molar-refractivity contribution in [3.8, 4) is 90.8 Å². The molecule has 0 aliphatic rings. The van der Waals surface area contributed by atoms with Gasteiger partial charge in [0.25, 0.3) is 18.0 Å². The Morgan fingerprint density at radius 1 is 0.333 bits per heavy atom. The molecule has 0 aliphatic carbocycles. The molecule has 0 aliphatic heterocycles. The highest BCUT2D eigenvalue weighted by Crippen LogP contribution is 2.34. The summed E-state index contributed by atoms with van der Waals surface area (Å²) in [6.07, 6.45) is 13.2. The zero-order valence-electron chi connectivity index (χ0n) is 56.7. The zero-order valence-corrected chi connectivity index (χ0v) is 56.7. The Morgan fingerprint density at radius 3 is 1.11 bits per heavy atom. The van der Waals surface area contributed by atoms with Crippen LogP contribution in [0.2, 0.25) is 0 Å². The van der Waals surface area contributed by atoms with E-state index in [-0.39, 0.29) is 0 Å². The maximum Gasteiger partial charge on any atom is 0.330 e. The molecule has 0 spiro atoms. The van der Waals surface area contributed by atoms with Crippen molar-refractivity contribution in [3.05, 3.63) is 208 Å². The van der Waals surface area contributed by atoms with Crippen molar-refractivity contribution in [2.24, 2.45) is 56.4 Å². The first-order valence-electron chi connectivity index (χ1n) is 30.3. The predicted octanol–water partition coefficient (Wildman–Crippen LogP) is 11.6. The van der Waals surface area contributed by atoms with Crippen LogP contribution < -0.4 is 18.3 Å². The monoisotopic (exact) mass is 1200 g/mol. The van der Waals surface area contributed by atoms with Gasteiger partial charge in [0.15, 0.2) is 6.20 Å². The lowest BCUT2D eigenvalue weighted by atomic mass is 9.99. The van der Waals surface area contributed by atoms with E-state index in [4.69, 9.17) is 19.9 Å². The van der Waals surface area contributed by atoms with Gasteiger partial charge in [-0.1, -0.05) is 69.5 Å². The Morgan fingerprint density at radius 2 is 0.722 bits per heavy atom. The van der Waals surface area contributed by atoms with Gasteiger partial charge < -0.3 is 18.3 Å². The zero-order chi connectivity index (χ0) is 65.2. The largest absolute Gasteiger partial charge is 0.331 e. The first-order valence-corrected chi connectivity index (χ1v) is 30.3. The molecule has 0 unspecified atom stereocenters. The molecule has 0 radical (unpaired) electrons. The van der Waals surface area contributed by atoms with Gasteiger partial charge in [0.05, 0.1) is 79.2 Å². The summed E-state index contributed by atoms with van der Waals surface area (Å²) in [5, 5.41) is 0. The Labute approximate surface area is 530 Å². The summed E-state index contributed by atoms with van der Waals surface area (Å²) in [5.41, 5.74) is 25.5. The standard InChI is InChI=1S/C19H24N5.3C18H21N4/c1-11-16(18-20-12(2)13(3)23(18)6)9-8-10-17(11)19-22-14(4)21-15(5)24(19)7;1-12-15(17-19-10-7-11-21(17)4)8-6-9-16(12)18-20-13(2)14(3)22(18)5;1-12-15(17-11-19-9-10-21(17)4)7-6-8-16(12)18-20-13(2)14(3)22(18)5;1-12-15(17-9-10-19-11-21(17)4)7-6-8-16(12)18-20-13(2)14(3)22(18)5/h8-10H,1-7H3;3*6-11H,1-5H3/q4*+1. The number of rotatable bonds is 8. The van der Waals surface area contributed by atoms with Crippen LogP contribution in [0.15, 0.2) is 128 Å². The highest BCUT2D eigenvalue weighted by Gasteiger charge is 2.24. The maximum atomic E-state index is 4.76. The molecule has 4 aromatic carbocycles. The van der Waals surface area contributed by atoms with Crippen molar-refractivity contribution in [1.29, 1.82) is 0 Å². The smallest absolute Gasteiger partial charge is 0.330 e. The molecule has 0 fully saturated rings. The summed E-state index contributed by atoms with van der Waals surface area (Å²) in [6.45, 7) is 29.1. The van der Waals surface area contributed by atoms with Gasteiger partial charge in [-0.05, 0) is 129 Å². The topological polar surface area (TPSA) is 151 Å². The molecule has 0 atom stereocenters. The van der Waals surface area contributed by atoms with E-state index in [1.807, 2.05) is 105 Å². The summed E-state index contributed by atoms with van der Waals surface area (Å²) in [5.74, 6) is 7.67. The van der Waals surface area contributed by atoms with Gasteiger partial charge in [0, 0.05) is 105 Å². The van der Waals surface area contributed by atoms with Crippen molar-refractivity contribution in [2.45, 2.75) is 96.9 Å². The molecular formula is C73H87N17+4. The lowest BCUT2D eigenvalue weighted by Gasteiger charge is -2.11. The van der Waals surface area contributed by atoms with Gasteiger partial charge in [-0.25, -0.2) is 33.6 Å². The summed E-state index contributed by atoms with van der Waals surface area (Å²) in [7, 11) is 16.4. The fourth-order valence-electron chi connectivity index (χ4n) is 11.4. The Balaban J connectivity index is 0.000000142. The molecule has 0 amide bonds. The van der Waals surface area contributed by atoms with Crippen LogP contribution in [0.25, 0.3) is 90.8 Å². The summed E-state index contributed by atoms with van der Waals surface area (Å²) in [4.78, 5) is 41.0. The minimum Gasteiger partial charge on any atom is -0.331 e. The average molecular weight is 1200 g/mol. The van der Waals surface area contributed by atoms with E-state index in [1.54, 1.807) is 6.20 Å². The van der Waals surface area contributed by atoms with Gasteiger partial charge in [-0.2, -0.15) is 4.57 Å². The van der Waals surface area contributed by atoms with E-state index in [0.29, 0.717) is 0 Å². The number of aromatic nitrogens is 17. The van der Waals surface area contributed by atoms with Crippen molar-refractivity contribution in [2.75, 3.05) is 0 Å². The minimum atomic E-state index is 0.786. The van der Waals surface area contributed by atoms with Gasteiger partial charge in [-0.3, -0.25) is 4.98 Å². The molecule has 0 saturated carbocycles. The Hall–Kier alpha value is -10.0. The van der Waals surface area contributed by atoms with Crippen LogP contribution in [0.4, 0.5) is 0 Å². The van der Waals surface area contributed by atoms with Crippen LogP contribution >= 0.6 is 0 Å². The molecule has 90 heavy (non-hydrogen) atoms. The van der Waals surface area contributed by atoms with Gasteiger partial charge in [0.1, 0.15) is 48.4 Å². The molecule has 0 bridgehead atoms. The van der Waals surface area contributed by atoms with Crippen molar-refractivity contribution < 1.29 is 18.3 Å². The van der Waals surface area contributed by atoms with Crippen molar-refractivity contribution in [1.82, 2.24) is 63.1 Å². The van der Waals surface area contributed by atoms with E-state index >= 15 is 0 Å². The SMILES string of the molecule is Cc1nc(-c2cccc(-c3ccnc[n+]3C)c2C)n(C)c1C.Cc1nc(-c2cccc(-c3cncc[n+]3C)c2C)n(C)c1C.Cc1nc(-c2cccc(-c3nccc[n+]3C)c2C)n(C)c1C.Cc1nc(C)[n+](C)c(-c2cccc(-c3nc(C)c(C)n3C)c2C)n1. The first kappa shape index (κ1) is 64.4. The first-order chi connectivity index (χ1) is 42.8. The van der Waals surface area contributed by atoms with Crippen LogP contribution in [-0.4, -0.2) is 63.1 Å². The predicted molar refractivity (Wildman–Crippen MR) is 356 cm³/mol. The summed E-state index contributed by atoms with van der Waals surface area (Å²) < 4.78 is 16.8. The van der Waals surface area contributed by atoms with E-state index in [0.717, 1.165) is 103 Å². The quantitative estimate of drug-likeness (QED) is 0.135. The van der Waals surface area contributed by atoms with Crippen molar-refractivity contribution >= 4 is 0 Å². The van der Waals surface area contributed by atoms with Gasteiger partial charge in [-0.15, -0.1) is 0 Å². The van der Waals surface area contributed by atoms with Crippen LogP contribution in [0.3, 0.4) is 0 Å². The molecule has 8 aromatic heterocycles. The lowest BCUT2D eigenvalue weighted by molar-refractivity contribution is -0.672. The van der Waals surface area contributed by atoms with Crippen LogP contribution in [0.1, 0.15) is 79.5 Å². The maximum absolute atomic E-state index is 4.76. The summed E-state index contributed by atoms with van der Waals surface area (Å²) >= 11 is 0. The Kier molecular flexibility index (Phi) is 19.2. The Bertz CT molecular complexity index is 4310. The minimum absolute atomic E-state index is 0.786. The highest BCUT2D eigenvalue weighted by atomic mass is 15.1. The van der Waals surface area contributed by atoms with Gasteiger partial charge >= 0.3 is 5.82 Å². The third-order valence-corrected chi connectivity index (χ3v) is 18.0. The molecule has 0 saturated heterocycles. The molecule has 17 heteroatoms. The highest BCUT2D eigenvalue weighted by molar-refractivity contribution is 5.76. The molecule has 12 aromatic rings. The molecule has 0 N–H and O–H groups in total. The van der Waals surface area contributed by atoms with Crippen LogP contribution in [0, 0.1) is 96.9 Å². The number of hydrogen-bond acceptors (Lipinski definition) is 9. The molecule has 8 heterocycles. The number of nitrogens with zero attached hydrogens (tertiary/aromatic N) is 17. The van der Waals surface area contributed by atoms with E-state index in [9.17, 15) is 0 Å². The average Bonchev–Trinajstić information content (AvgIpc) is 1.49. The molecule has 12 rings (SSSR count). The van der Waals surface area contributed by atoms with E-state index < -0.39 is 0 Å². The normalized spacial score (nSPS) is 11.0. The number of imidazole rings is 4. The number of aryl methyl sites for hydroxylation is 9. The second kappa shape index (κ2) is 26.7. The lowest BCUT2D eigenvalue weighted by Crippen LogP contribution is -2.37. The molecular weight excluding hydrogens is 1110 g/mol. The fraction of sp³-hybridized carbons (Fsp3) is 0.301. The second-order valence-electron chi connectivity index (χ2n) is 23.5. The van der Waals surface area contributed by atoms with Crippen LogP contribution in [0.5, 0.6) is 0 Å². The summed E-state index contributed by atoms with van der Waals surface area (Å²) in [6, 6.07) is 29.4. The van der Waals surface area contributed by atoms with Crippen molar-refractivity contribution in [3.63, 3.8) is 0 Å².